The van der Waals surface area contributed by atoms with E-state index in [2.05, 4.69) is 17.1 Å². The Bertz CT molecular complexity index is 1100. The fraction of sp³-hybridized carbons (Fsp3) is 0.263. The first-order valence-electron chi connectivity index (χ1n) is 8.28. The summed E-state index contributed by atoms with van der Waals surface area (Å²) in [4.78, 5) is 9.75. The molecule has 0 aliphatic rings. The van der Waals surface area contributed by atoms with Crippen LogP contribution in [0.4, 0.5) is 0 Å². The van der Waals surface area contributed by atoms with E-state index in [4.69, 9.17) is 9.97 Å². The molecule has 4 rings (SSSR count). The Morgan fingerprint density at radius 1 is 0.640 bits per heavy atom. The summed E-state index contributed by atoms with van der Waals surface area (Å²) in [6, 6.07) is 10.2. The van der Waals surface area contributed by atoms with E-state index in [0.717, 1.165) is 39.4 Å². The third-order valence-corrected chi connectivity index (χ3v) is 4.20. The van der Waals surface area contributed by atoms with E-state index in [9.17, 15) is 0 Å². The minimum Gasteiger partial charge on any atom is -0.224 e. The lowest BCUT2D eigenvalue weighted by atomic mass is 10.2. The topological polar surface area (TPSA) is 61.4 Å². The van der Waals surface area contributed by atoms with Crippen molar-refractivity contribution in [1.29, 1.82) is 0 Å². The maximum Gasteiger partial charge on any atom is 0.199 e. The van der Waals surface area contributed by atoms with Gasteiger partial charge in [0.2, 0.25) is 0 Å². The second kappa shape index (κ2) is 5.51. The van der Waals surface area contributed by atoms with Crippen molar-refractivity contribution < 1.29 is 0 Å². The number of hydrogen-bond acceptors (Lipinski definition) is 4. The van der Waals surface area contributed by atoms with Gasteiger partial charge in [-0.05, 0) is 64.4 Å². The van der Waals surface area contributed by atoms with Crippen molar-refractivity contribution in [3.8, 4) is 11.6 Å². The quantitative estimate of drug-likeness (QED) is 0.563. The molecule has 1 aromatic carbocycles. The highest BCUT2D eigenvalue weighted by molar-refractivity contribution is 5.77. The van der Waals surface area contributed by atoms with E-state index < -0.39 is 0 Å². The van der Waals surface area contributed by atoms with Crippen molar-refractivity contribution in [2.75, 3.05) is 0 Å². The minimum absolute atomic E-state index is 0.688. The smallest absolute Gasteiger partial charge is 0.199 e. The van der Waals surface area contributed by atoms with Gasteiger partial charge in [0.25, 0.3) is 0 Å². The van der Waals surface area contributed by atoms with Crippen LogP contribution >= 0.6 is 0 Å². The first-order valence-corrected chi connectivity index (χ1v) is 8.28. The zero-order chi connectivity index (χ0) is 17.7. The predicted molar refractivity (Wildman–Crippen MR) is 97.5 cm³/mol. The second-order valence-electron chi connectivity index (χ2n) is 6.54. The average Bonchev–Trinajstić information content (AvgIpc) is 3.06. The van der Waals surface area contributed by atoms with Crippen LogP contribution < -0.4 is 0 Å². The molecule has 0 N–H and O–H groups in total. The first kappa shape index (κ1) is 15.5. The van der Waals surface area contributed by atoms with Crippen molar-refractivity contribution in [3.63, 3.8) is 0 Å². The lowest BCUT2D eigenvalue weighted by Gasteiger charge is -2.12. The molecule has 0 saturated heterocycles. The Morgan fingerprint density at radius 2 is 1.16 bits per heavy atom. The fourth-order valence-electron chi connectivity index (χ4n) is 3.12. The highest BCUT2D eigenvalue weighted by atomic mass is 15.4. The molecule has 0 radical (unpaired) electrons. The average molecular weight is 332 g/mol. The molecule has 6 heteroatoms. The minimum atomic E-state index is 0.688. The van der Waals surface area contributed by atoms with Crippen molar-refractivity contribution in [1.82, 2.24) is 29.5 Å². The third kappa shape index (κ3) is 2.59. The zero-order valence-corrected chi connectivity index (χ0v) is 15.1. The second-order valence-corrected chi connectivity index (χ2v) is 6.54. The summed E-state index contributed by atoms with van der Waals surface area (Å²) in [7, 11) is 0. The van der Waals surface area contributed by atoms with Crippen molar-refractivity contribution in [2.24, 2.45) is 0 Å². The highest BCUT2D eigenvalue weighted by Gasteiger charge is 2.18. The van der Waals surface area contributed by atoms with Crippen LogP contribution in [-0.2, 0) is 0 Å². The lowest BCUT2D eigenvalue weighted by molar-refractivity contribution is 0.749. The van der Waals surface area contributed by atoms with Gasteiger partial charge < -0.3 is 0 Å². The van der Waals surface area contributed by atoms with Crippen LogP contribution in [0.5, 0.6) is 0 Å². The number of benzene rings is 1. The molecule has 0 bridgehead atoms. The Balaban J connectivity index is 2.08. The molecule has 0 atom stereocenters. The molecule has 0 aliphatic heterocycles. The number of aryl methyl sites for hydroxylation is 5. The van der Waals surface area contributed by atoms with Crippen LogP contribution in [0.2, 0.25) is 0 Å². The molecule has 0 fully saturated rings. The predicted octanol–water partition coefficient (Wildman–Crippen LogP) is 3.54. The van der Waals surface area contributed by atoms with E-state index >= 15 is 0 Å². The third-order valence-electron chi connectivity index (χ3n) is 4.20. The molecule has 0 aliphatic carbocycles. The van der Waals surface area contributed by atoms with Crippen LogP contribution in [0.1, 0.15) is 28.3 Å². The standard InChI is InChI=1S/C19H20N6/c1-11-6-7-16-17(8-11)21-19(25-15(5)10-13(3)23-25)18(20-16)24-14(4)9-12(2)22-24/h6-10H,1-5H3. The van der Waals surface area contributed by atoms with Gasteiger partial charge in [0.15, 0.2) is 11.6 Å². The molecule has 0 amide bonds. The van der Waals surface area contributed by atoms with Crippen molar-refractivity contribution in [2.45, 2.75) is 34.6 Å². The molecule has 25 heavy (non-hydrogen) atoms. The normalized spacial score (nSPS) is 11.4. The lowest BCUT2D eigenvalue weighted by Crippen LogP contribution is -2.12. The maximum atomic E-state index is 4.88. The summed E-state index contributed by atoms with van der Waals surface area (Å²) in [5, 5.41) is 9.21. The molecule has 0 saturated carbocycles. The Kier molecular flexibility index (Phi) is 3.42. The van der Waals surface area contributed by atoms with Gasteiger partial charge in [0, 0.05) is 11.4 Å². The van der Waals surface area contributed by atoms with Gasteiger partial charge in [-0.3, -0.25) is 0 Å². The summed E-state index contributed by atoms with van der Waals surface area (Å²) < 4.78 is 3.68. The van der Waals surface area contributed by atoms with Crippen molar-refractivity contribution >= 4 is 11.0 Å². The molecule has 3 heterocycles. The Hall–Kier alpha value is -3.02. The van der Waals surface area contributed by atoms with Gasteiger partial charge in [-0.2, -0.15) is 10.2 Å². The maximum absolute atomic E-state index is 4.88. The molecular formula is C19H20N6. The summed E-state index contributed by atoms with van der Waals surface area (Å²) in [6.07, 6.45) is 0. The van der Waals surface area contributed by atoms with Gasteiger partial charge in [-0.1, -0.05) is 6.07 Å². The number of rotatable bonds is 2. The van der Waals surface area contributed by atoms with E-state index in [1.54, 1.807) is 0 Å². The van der Waals surface area contributed by atoms with Crippen LogP contribution in [-0.4, -0.2) is 29.5 Å². The molecule has 4 aromatic rings. The van der Waals surface area contributed by atoms with Crippen molar-refractivity contribution in [3.05, 3.63) is 58.7 Å². The van der Waals surface area contributed by atoms with Gasteiger partial charge in [-0.25, -0.2) is 19.3 Å². The van der Waals surface area contributed by atoms with Gasteiger partial charge in [0.05, 0.1) is 22.4 Å². The summed E-state index contributed by atoms with van der Waals surface area (Å²) in [5.41, 5.74) is 6.78. The summed E-state index contributed by atoms with van der Waals surface area (Å²) in [5.74, 6) is 1.38. The van der Waals surface area contributed by atoms with E-state index in [-0.39, 0.29) is 0 Å². The Labute approximate surface area is 146 Å². The van der Waals surface area contributed by atoms with Crippen LogP contribution in [0.15, 0.2) is 30.3 Å². The number of nitrogens with zero attached hydrogens (tertiary/aromatic N) is 6. The monoisotopic (exact) mass is 332 g/mol. The Morgan fingerprint density at radius 3 is 1.64 bits per heavy atom. The molecular weight excluding hydrogens is 312 g/mol. The fourth-order valence-corrected chi connectivity index (χ4v) is 3.12. The molecule has 6 nitrogen and oxygen atoms in total. The summed E-state index contributed by atoms with van der Waals surface area (Å²) in [6.45, 7) is 10.0. The SMILES string of the molecule is Cc1ccc2nc(-n3nc(C)cc3C)c(-n3nc(C)cc3C)nc2c1. The highest BCUT2D eigenvalue weighted by Crippen LogP contribution is 2.23. The van der Waals surface area contributed by atoms with Gasteiger partial charge >= 0.3 is 0 Å². The summed E-state index contributed by atoms with van der Waals surface area (Å²) >= 11 is 0. The molecule has 0 spiro atoms. The van der Waals surface area contributed by atoms with E-state index in [0.29, 0.717) is 11.6 Å². The first-order chi connectivity index (χ1) is 11.9. The molecule has 3 aromatic heterocycles. The van der Waals surface area contributed by atoms with Gasteiger partial charge in [-0.15, -0.1) is 0 Å². The van der Waals surface area contributed by atoms with Gasteiger partial charge in [0.1, 0.15) is 0 Å². The number of fused-ring (bicyclic) bond motifs is 1. The number of hydrogen-bond donors (Lipinski definition) is 0. The van der Waals surface area contributed by atoms with E-state index in [1.165, 1.54) is 0 Å². The largest absolute Gasteiger partial charge is 0.224 e. The molecule has 126 valence electrons. The van der Waals surface area contributed by atoms with Crippen LogP contribution in [0.3, 0.4) is 0 Å². The van der Waals surface area contributed by atoms with Crippen LogP contribution in [0, 0.1) is 34.6 Å². The van der Waals surface area contributed by atoms with E-state index in [1.807, 2.05) is 67.4 Å². The van der Waals surface area contributed by atoms with Crippen LogP contribution in [0.25, 0.3) is 22.7 Å². The molecule has 0 unspecified atom stereocenters. The number of aromatic nitrogens is 6. The zero-order valence-electron chi connectivity index (χ0n) is 15.1.